The minimum Gasteiger partial charge on any atom is -0.399 e. The smallest absolute Gasteiger partial charge is 0.221 e. The molecule has 0 aliphatic rings. The predicted molar refractivity (Wildman–Crippen MR) is 149 cm³/mol. The highest BCUT2D eigenvalue weighted by atomic mass is 16.1. The molecule has 0 heterocycles. The van der Waals surface area contributed by atoms with Gasteiger partial charge in [-0.05, 0) is 77.3 Å². The molecule has 4 nitrogen and oxygen atoms in total. The quantitative estimate of drug-likeness (QED) is 0.346. The molecule has 3 rings (SSSR count). The number of anilines is 3. The van der Waals surface area contributed by atoms with E-state index < -0.39 is 0 Å². The van der Waals surface area contributed by atoms with Crippen molar-refractivity contribution in [3.63, 3.8) is 0 Å². The maximum absolute atomic E-state index is 10.9. The number of hydrogen-bond acceptors (Lipinski definition) is 3. The highest BCUT2D eigenvalue weighted by molar-refractivity contribution is 5.89. The van der Waals surface area contributed by atoms with Gasteiger partial charge in [-0.1, -0.05) is 77.9 Å². The molecule has 5 N–H and O–H groups in total. The predicted octanol–water partition coefficient (Wildman–Crippen LogP) is 7.86. The Morgan fingerprint density at radius 3 is 1.59 bits per heavy atom. The average molecular weight is 462 g/mol. The van der Waals surface area contributed by atoms with Crippen LogP contribution in [-0.2, 0) is 4.79 Å². The van der Waals surface area contributed by atoms with Crippen molar-refractivity contribution in [3.05, 3.63) is 89.0 Å². The van der Waals surface area contributed by atoms with Crippen LogP contribution in [0.5, 0.6) is 0 Å². The zero-order valence-electron chi connectivity index (χ0n) is 22.1. The number of nitrogens with one attached hydrogen (secondary N) is 1. The molecule has 0 bridgehead atoms. The van der Waals surface area contributed by atoms with Crippen molar-refractivity contribution in [2.24, 2.45) is 0 Å². The van der Waals surface area contributed by atoms with Crippen molar-refractivity contribution >= 4 is 23.0 Å². The van der Waals surface area contributed by atoms with Gasteiger partial charge in [0, 0.05) is 24.0 Å². The van der Waals surface area contributed by atoms with Crippen molar-refractivity contribution in [2.45, 2.75) is 73.1 Å². The topological polar surface area (TPSA) is 81.1 Å². The monoisotopic (exact) mass is 461 g/mol. The Morgan fingerprint density at radius 1 is 0.676 bits per heavy atom. The summed E-state index contributed by atoms with van der Waals surface area (Å²) in [5.74, 6) is 1.68. The van der Waals surface area contributed by atoms with Crippen LogP contribution in [0.1, 0.15) is 88.5 Å². The van der Waals surface area contributed by atoms with Gasteiger partial charge in [0.25, 0.3) is 0 Å². The fourth-order valence-corrected chi connectivity index (χ4v) is 3.17. The van der Waals surface area contributed by atoms with Crippen LogP contribution in [0.4, 0.5) is 17.1 Å². The number of rotatable bonds is 4. The Balaban J connectivity index is 0.000000261. The lowest BCUT2D eigenvalue weighted by Crippen LogP contribution is -2.07. The first-order valence-electron chi connectivity index (χ1n) is 12.0. The van der Waals surface area contributed by atoms with Crippen LogP contribution in [0.3, 0.4) is 0 Å². The van der Waals surface area contributed by atoms with Crippen LogP contribution in [0.15, 0.2) is 66.7 Å². The third kappa shape index (κ3) is 10.6. The molecular weight excluding hydrogens is 418 g/mol. The van der Waals surface area contributed by atoms with Crippen LogP contribution in [0, 0.1) is 6.92 Å². The van der Waals surface area contributed by atoms with Gasteiger partial charge in [0.15, 0.2) is 0 Å². The number of nitrogen functional groups attached to an aromatic ring is 2. The fraction of sp³-hybridized carbons (Fsp3) is 0.367. The van der Waals surface area contributed by atoms with Crippen LogP contribution in [0.2, 0.25) is 0 Å². The molecule has 0 atom stereocenters. The average Bonchev–Trinajstić information content (AvgIpc) is 2.76. The summed E-state index contributed by atoms with van der Waals surface area (Å²) in [4.78, 5) is 10.9. The van der Waals surface area contributed by atoms with Crippen molar-refractivity contribution in [2.75, 3.05) is 16.8 Å². The van der Waals surface area contributed by atoms with E-state index in [0.29, 0.717) is 17.8 Å². The SMILES string of the molecule is CC(=O)Nc1ccc(C(C)C)cc1C.CC(C)c1ccc(N)cc1.CC(C)c1cccc(N)c1. The standard InChI is InChI=1S/C12H17NO.2C9H13N/c1-8(2)11-5-6-12(9(3)7-11)13-10(4)14;1-7(2)8-3-5-9(10)6-4-8;1-7(2)8-4-3-5-9(10)6-8/h5-8H,1-4H3,(H,13,14);2*3-7H,10H2,1-2H3. The zero-order valence-corrected chi connectivity index (χ0v) is 22.1. The molecule has 0 aliphatic carbocycles. The number of aryl methyl sites for hydroxylation is 1. The van der Waals surface area contributed by atoms with E-state index in [1.807, 2.05) is 43.3 Å². The summed E-state index contributed by atoms with van der Waals surface area (Å²) in [6, 6.07) is 22.2. The van der Waals surface area contributed by atoms with E-state index >= 15 is 0 Å². The second-order valence-corrected chi connectivity index (χ2v) is 9.56. The third-order valence-corrected chi connectivity index (χ3v) is 5.41. The summed E-state index contributed by atoms with van der Waals surface area (Å²) >= 11 is 0. The van der Waals surface area contributed by atoms with Crippen molar-refractivity contribution in [3.8, 4) is 0 Å². The molecule has 0 radical (unpaired) electrons. The van der Waals surface area contributed by atoms with Crippen molar-refractivity contribution in [1.29, 1.82) is 0 Å². The normalized spacial score (nSPS) is 10.3. The Hall–Kier alpha value is -3.27. The maximum Gasteiger partial charge on any atom is 0.221 e. The molecule has 1 amide bonds. The van der Waals surface area contributed by atoms with Crippen LogP contribution in [-0.4, -0.2) is 5.91 Å². The van der Waals surface area contributed by atoms with Gasteiger partial charge in [-0.3, -0.25) is 4.79 Å². The summed E-state index contributed by atoms with van der Waals surface area (Å²) in [7, 11) is 0. The molecule has 0 saturated heterocycles. The Kier molecular flexibility index (Phi) is 11.9. The molecule has 0 spiro atoms. The summed E-state index contributed by atoms with van der Waals surface area (Å²) in [6.07, 6.45) is 0. The van der Waals surface area contributed by atoms with Gasteiger partial charge in [0.2, 0.25) is 5.91 Å². The first kappa shape index (κ1) is 28.8. The molecule has 0 saturated carbocycles. The van der Waals surface area contributed by atoms with E-state index in [-0.39, 0.29) is 5.91 Å². The van der Waals surface area contributed by atoms with Gasteiger partial charge in [-0.25, -0.2) is 0 Å². The van der Waals surface area contributed by atoms with Gasteiger partial charge in [-0.2, -0.15) is 0 Å². The molecule has 0 aromatic heterocycles. The van der Waals surface area contributed by atoms with Gasteiger partial charge >= 0.3 is 0 Å². The fourth-order valence-electron chi connectivity index (χ4n) is 3.17. The zero-order chi connectivity index (χ0) is 25.8. The first-order valence-corrected chi connectivity index (χ1v) is 12.0. The van der Waals surface area contributed by atoms with Crippen LogP contribution >= 0.6 is 0 Å². The lowest BCUT2D eigenvalue weighted by molar-refractivity contribution is -0.114. The second-order valence-electron chi connectivity index (χ2n) is 9.56. The molecular formula is C30H43N3O. The number of amides is 1. The molecule has 0 aliphatic heterocycles. The number of benzene rings is 3. The largest absolute Gasteiger partial charge is 0.399 e. The van der Waals surface area contributed by atoms with E-state index in [2.05, 4.69) is 77.2 Å². The first-order chi connectivity index (χ1) is 15.9. The van der Waals surface area contributed by atoms with E-state index in [4.69, 9.17) is 11.5 Å². The highest BCUT2D eigenvalue weighted by Gasteiger charge is 2.03. The van der Waals surface area contributed by atoms with Gasteiger partial charge in [0.1, 0.15) is 0 Å². The van der Waals surface area contributed by atoms with E-state index in [0.717, 1.165) is 22.6 Å². The van der Waals surface area contributed by atoms with Crippen molar-refractivity contribution in [1.82, 2.24) is 0 Å². The number of carbonyl (C=O) groups is 1. The van der Waals surface area contributed by atoms with Gasteiger partial charge in [-0.15, -0.1) is 0 Å². The summed E-state index contributed by atoms with van der Waals surface area (Å²) in [5.41, 5.74) is 18.8. The highest BCUT2D eigenvalue weighted by Crippen LogP contribution is 2.21. The second kappa shape index (κ2) is 14.1. The summed E-state index contributed by atoms with van der Waals surface area (Å²) in [5, 5.41) is 2.80. The molecule has 0 fully saturated rings. The number of nitrogens with two attached hydrogens (primary N) is 2. The van der Waals surface area contributed by atoms with E-state index in [1.54, 1.807) is 0 Å². The minimum atomic E-state index is -0.0228. The molecule has 0 unspecified atom stereocenters. The third-order valence-electron chi connectivity index (χ3n) is 5.41. The molecule has 34 heavy (non-hydrogen) atoms. The van der Waals surface area contributed by atoms with Gasteiger partial charge < -0.3 is 16.8 Å². The lowest BCUT2D eigenvalue weighted by atomic mass is 10.0. The number of carbonyl (C=O) groups excluding carboxylic acids is 1. The van der Waals surface area contributed by atoms with E-state index in [1.165, 1.54) is 23.6 Å². The van der Waals surface area contributed by atoms with Gasteiger partial charge in [0.05, 0.1) is 0 Å². The van der Waals surface area contributed by atoms with Crippen LogP contribution < -0.4 is 16.8 Å². The Labute approximate surface area is 206 Å². The van der Waals surface area contributed by atoms with Crippen molar-refractivity contribution < 1.29 is 4.79 Å². The summed E-state index contributed by atoms with van der Waals surface area (Å²) in [6.45, 7) is 16.5. The molecule has 3 aromatic rings. The van der Waals surface area contributed by atoms with Crippen LogP contribution in [0.25, 0.3) is 0 Å². The summed E-state index contributed by atoms with van der Waals surface area (Å²) < 4.78 is 0. The Bertz CT molecular complexity index is 1020. The molecule has 3 aromatic carbocycles. The molecule has 184 valence electrons. The van der Waals surface area contributed by atoms with E-state index in [9.17, 15) is 4.79 Å². The maximum atomic E-state index is 10.9. The Morgan fingerprint density at radius 2 is 1.18 bits per heavy atom. The molecule has 4 heteroatoms. The lowest BCUT2D eigenvalue weighted by Gasteiger charge is -2.10. The minimum absolute atomic E-state index is 0.0228. The number of hydrogen-bond donors (Lipinski definition) is 3.